The average molecular weight is 283 g/mol. The molecule has 0 aromatic carbocycles. The fraction of sp³-hybridized carbons (Fsp3) is 0.947. The van der Waals surface area contributed by atoms with Crippen LogP contribution in [0.25, 0.3) is 0 Å². The predicted molar refractivity (Wildman–Crippen MR) is 89.9 cm³/mol. The zero-order chi connectivity index (χ0) is 16.0. The summed E-state index contributed by atoms with van der Waals surface area (Å²) in [5.74, 6) is 1.42. The fourth-order valence-electron chi connectivity index (χ4n) is 4.21. The number of rotatable bonds is 10. The molecule has 0 fully saturated rings. The van der Waals surface area contributed by atoms with E-state index in [1.165, 1.54) is 0 Å². The van der Waals surface area contributed by atoms with Gasteiger partial charge in [0.1, 0.15) is 5.78 Å². The quantitative estimate of drug-likeness (QED) is 0.462. The highest BCUT2D eigenvalue weighted by Gasteiger charge is 2.50. The molecule has 0 aliphatic carbocycles. The predicted octanol–water partition coefficient (Wildman–Crippen LogP) is 6.26. The van der Waals surface area contributed by atoms with Gasteiger partial charge in [0.25, 0.3) is 0 Å². The molecule has 0 aromatic heterocycles. The van der Waals surface area contributed by atoms with Crippen molar-refractivity contribution >= 4 is 5.78 Å². The van der Waals surface area contributed by atoms with Crippen LogP contribution in [0.15, 0.2) is 0 Å². The minimum atomic E-state index is -0.121. The molecule has 0 rings (SSSR count). The number of carbonyl (C=O) groups is 1. The minimum absolute atomic E-state index is 0.121. The smallest absolute Gasteiger partial charge is 0.145 e. The van der Waals surface area contributed by atoms with E-state index >= 15 is 0 Å². The monoisotopic (exact) mass is 282 g/mol. The van der Waals surface area contributed by atoms with E-state index in [0.717, 1.165) is 38.5 Å². The van der Waals surface area contributed by atoms with E-state index in [2.05, 4.69) is 55.4 Å². The van der Waals surface area contributed by atoms with Crippen LogP contribution in [0.2, 0.25) is 0 Å². The molecule has 0 N–H and O–H groups in total. The maximum absolute atomic E-state index is 13.6. The van der Waals surface area contributed by atoms with E-state index in [-0.39, 0.29) is 10.8 Å². The summed E-state index contributed by atoms with van der Waals surface area (Å²) >= 11 is 0. The van der Waals surface area contributed by atoms with Crippen LogP contribution in [0.4, 0.5) is 0 Å². The van der Waals surface area contributed by atoms with Gasteiger partial charge in [-0.3, -0.25) is 4.79 Å². The van der Waals surface area contributed by atoms with Gasteiger partial charge in [-0.25, -0.2) is 0 Å². The molecule has 0 radical (unpaired) electrons. The molecule has 1 nitrogen and oxygen atoms in total. The largest absolute Gasteiger partial charge is 0.298 e. The lowest BCUT2D eigenvalue weighted by Gasteiger charge is -2.46. The topological polar surface area (TPSA) is 17.1 Å². The maximum Gasteiger partial charge on any atom is 0.145 e. The Bertz CT molecular complexity index is 264. The molecule has 0 saturated heterocycles. The zero-order valence-electron chi connectivity index (χ0n) is 15.3. The Balaban J connectivity index is 5.81. The first kappa shape index (κ1) is 19.7. The fourth-order valence-corrected chi connectivity index (χ4v) is 4.21. The molecule has 0 aliphatic rings. The summed E-state index contributed by atoms with van der Waals surface area (Å²) in [6.45, 7) is 17.8. The van der Waals surface area contributed by atoms with Crippen LogP contribution in [0.3, 0.4) is 0 Å². The van der Waals surface area contributed by atoms with Crippen LogP contribution in [0, 0.1) is 22.7 Å². The van der Waals surface area contributed by atoms with Crippen LogP contribution >= 0.6 is 0 Å². The lowest BCUT2D eigenvalue weighted by atomic mass is 9.56. The third kappa shape index (κ3) is 3.46. The molecule has 0 saturated carbocycles. The van der Waals surface area contributed by atoms with Gasteiger partial charge in [-0.2, -0.15) is 0 Å². The van der Waals surface area contributed by atoms with Gasteiger partial charge in [-0.15, -0.1) is 0 Å². The van der Waals surface area contributed by atoms with Crippen molar-refractivity contribution in [2.24, 2.45) is 22.7 Å². The molecule has 0 aliphatic heterocycles. The number of hydrogen-bond acceptors (Lipinski definition) is 1. The zero-order valence-corrected chi connectivity index (χ0v) is 15.3. The van der Waals surface area contributed by atoms with Crippen LogP contribution in [0.5, 0.6) is 0 Å². The molecule has 0 aromatic rings. The van der Waals surface area contributed by atoms with E-state index in [0.29, 0.717) is 17.6 Å². The van der Waals surface area contributed by atoms with Gasteiger partial charge in [0, 0.05) is 10.8 Å². The lowest BCUT2D eigenvalue weighted by Crippen LogP contribution is -2.48. The van der Waals surface area contributed by atoms with Crippen molar-refractivity contribution in [1.82, 2.24) is 0 Å². The Kier molecular flexibility index (Phi) is 8.06. The molecule has 2 atom stereocenters. The van der Waals surface area contributed by atoms with Gasteiger partial charge in [0.15, 0.2) is 0 Å². The summed E-state index contributed by atoms with van der Waals surface area (Å²) in [6.07, 6.45) is 6.24. The van der Waals surface area contributed by atoms with Crippen LogP contribution < -0.4 is 0 Å². The molecule has 0 bridgehead atoms. The Morgan fingerprint density at radius 3 is 1.20 bits per heavy atom. The summed E-state index contributed by atoms with van der Waals surface area (Å²) in [6, 6.07) is 0. The van der Waals surface area contributed by atoms with Crippen molar-refractivity contribution in [1.29, 1.82) is 0 Å². The molecule has 20 heavy (non-hydrogen) atoms. The van der Waals surface area contributed by atoms with Gasteiger partial charge in [-0.05, 0) is 37.5 Å². The Hall–Kier alpha value is -0.330. The molecule has 1 heteroatoms. The number of carbonyl (C=O) groups excluding carboxylic acids is 1. The highest BCUT2D eigenvalue weighted by atomic mass is 16.1. The van der Waals surface area contributed by atoms with E-state index in [9.17, 15) is 4.79 Å². The van der Waals surface area contributed by atoms with Crippen molar-refractivity contribution in [2.45, 2.75) is 93.9 Å². The van der Waals surface area contributed by atoms with Gasteiger partial charge < -0.3 is 0 Å². The summed E-state index contributed by atoms with van der Waals surface area (Å²) in [5, 5.41) is 0. The van der Waals surface area contributed by atoms with E-state index in [1.807, 2.05) is 0 Å². The summed E-state index contributed by atoms with van der Waals surface area (Å²) in [7, 11) is 0. The standard InChI is InChI=1S/C19H38O/c1-9-13-18(11-3,15(5)6)17(20)19(12-4,14-10-2)16(7)8/h15-16H,9-14H2,1-8H3. The first-order valence-electron chi connectivity index (χ1n) is 8.83. The highest BCUT2D eigenvalue weighted by Crippen LogP contribution is 2.49. The van der Waals surface area contributed by atoms with Gasteiger partial charge in [0.2, 0.25) is 0 Å². The van der Waals surface area contributed by atoms with Crippen molar-refractivity contribution in [3.8, 4) is 0 Å². The second-order valence-corrected chi connectivity index (χ2v) is 7.16. The van der Waals surface area contributed by atoms with Crippen molar-refractivity contribution < 1.29 is 4.79 Å². The van der Waals surface area contributed by atoms with Crippen LogP contribution in [0.1, 0.15) is 93.9 Å². The number of hydrogen-bond donors (Lipinski definition) is 0. The average Bonchev–Trinajstić information content (AvgIpc) is 2.40. The molecular weight excluding hydrogens is 244 g/mol. The second-order valence-electron chi connectivity index (χ2n) is 7.16. The maximum atomic E-state index is 13.6. The van der Waals surface area contributed by atoms with E-state index in [4.69, 9.17) is 0 Å². The Morgan fingerprint density at radius 2 is 1.05 bits per heavy atom. The Morgan fingerprint density at radius 1 is 0.750 bits per heavy atom. The normalized spacial score (nSPS) is 18.1. The van der Waals surface area contributed by atoms with Gasteiger partial charge in [-0.1, -0.05) is 68.2 Å². The number of ketones is 1. The summed E-state index contributed by atoms with van der Waals surface area (Å²) in [5.41, 5.74) is -0.242. The first-order chi connectivity index (χ1) is 9.28. The highest BCUT2D eigenvalue weighted by molar-refractivity contribution is 5.90. The Labute approximate surface area is 127 Å². The van der Waals surface area contributed by atoms with Crippen molar-refractivity contribution in [3.05, 3.63) is 0 Å². The van der Waals surface area contributed by atoms with E-state index < -0.39 is 0 Å². The summed E-state index contributed by atoms with van der Waals surface area (Å²) < 4.78 is 0. The third-order valence-electron chi connectivity index (χ3n) is 5.77. The molecule has 2 unspecified atom stereocenters. The van der Waals surface area contributed by atoms with E-state index in [1.54, 1.807) is 0 Å². The molecule has 120 valence electrons. The second kappa shape index (κ2) is 8.20. The third-order valence-corrected chi connectivity index (χ3v) is 5.77. The number of Topliss-reactive ketones (excluding diaryl/α,β-unsaturated/α-hetero) is 1. The molecular formula is C19H38O. The van der Waals surface area contributed by atoms with Crippen molar-refractivity contribution in [3.63, 3.8) is 0 Å². The SMILES string of the molecule is CCCC(CC)(C(=O)C(CC)(CCC)C(C)C)C(C)C. The molecule has 0 spiro atoms. The summed E-state index contributed by atoms with van der Waals surface area (Å²) in [4.78, 5) is 13.6. The van der Waals surface area contributed by atoms with Gasteiger partial charge in [0.05, 0.1) is 0 Å². The minimum Gasteiger partial charge on any atom is -0.298 e. The van der Waals surface area contributed by atoms with Crippen LogP contribution in [-0.2, 0) is 4.79 Å². The molecule has 0 heterocycles. The van der Waals surface area contributed by atoms with Gasteiger partial charge >= 0.3 is 0 Å². The van der Waals surface area contributed by atoms with Crippen LogP contribution in [-0.4, -0.2) is 5.78 Å². The molecule has 0 amide bonds. The lowest BCUT2D eigenvalue weighted by molar-refractivity contribution is -0.147. The van der Waals surface area contributed by atoms with Crippen molar-refractivity contribution in [2.75, 3.05) is 0 Å². The first-order valence-corrected chi connectivity index (χ1v) is 8.83.